The number of nitrogens with one attached hydrogen (secondary N) is 1. The normalized spacial score (nSPS) is 12.2. The Kier molecular flexibility index (Phi) is 5.76. The Bertz CT molecular complexity index is 601. The number of ether oxygens (including phenoxy) is 1. The van der Waals surface area contributed by atoms with Gasteiger partial charge in [0.2, 0.25) is 0 Å². The predicted octanol–water partition coefficient (Wildman–Crippen LogP) is 4.25. The summed E-state index contributed by atoms with van der Waals surface area (Å²) in [5.41, 5.74) is 3.57. The number of aryl methyl sites for hydroxylation is 1. The van der Waals surface area contributed by atoms with Crippen LogP contribution in [0.2, 0.25) is 0 Å². The summed E-state index contributed by atoms with van der Waals surface area (Å²) in [6.07, 6.45) is 4.70. The largest absolute Gasteiger partial charge is 0.495 e. The highest BCUT2D eigenvalue weighted by Crippen LogP contribution is 2.30. The molecule has 0 aliphatic rings. The van der Waals surface area contributed by atoms with Crippen LogP contribution >= 0.6 is 15.9 Å². The van der Waals surface area contributed by atoms with Gasteiger partial charge in [-0.15, -0.1) is 0 Å². The molecule has 0 radical (unpaired) electrons. The number of benzene rings is 1. The SMILES string of the molecule is CCCNC(c1cncc(OC)c1)c1cc(C)ccc1Br. The van der Waals surface area contributed by atoms with Crippen LogP contribution in [0, 0.1) is 6.92 Å². The topological polar surface area (TPSA) is 34.2 Å². The van der Waals surface area contributed by atoms with Gasteiger partial charge in [0.05, 0.1) is 19.3 Å². The molecule has 0 saturated carbocycles. The zero-order valence-electron chi connectivity index (χ0n) is 12.7. The Labute approximate surface area is 134 Å². The molecule has 0 aliphatic carbocycles. The molecule has 1 N–H and O–H groups in total. The van der Waals surface area contributed by atoms with Gasteiger partial charge in [-0.25, -0.2) is 0 Å². The lowest BCUT2D eigenvalue weighted by atomic mass is 9.98. The molecular formula is C17H21BrN2O. The number of pyridine rings is 1. The zero-order valence-corrected chi connectivity index (χ0v) is 14.3. The van der Waals surface area contributed by atoms with E-state index in [-0.39, 0.29) is 6.04 Å². The van der Waals surface area contributed by atoms with Gasteiger partial charge < -0.3 is 10.1 Å². The van der Waals surface area contributed by atoms with Crippen molar-refractivity contribution in [3.05, 3.63) is 57.8 Å². The van der Waals surface area contributed by atoms with Crippen LogP contribution in [0.25, 0.3) is 0 Å². The van der Waals surface area contributed by atoms with E-state index in [0.29, 0.717) is 0 Å². The minimum atomic E-state index is 0.0989. The Morgan fingerprint density at radius 3 is 2.81 bits per heavy atom. The third kappa shape index (κ3) is 4.05. The maximum Gasteiger partial charge on any atom is 0.137 e. The fourth-order valence-electron chi connectivity index (χ4n) is 2.29. The van der Waals surface area contributed by atoms with Crippen LogP contribution in [0.4, 0.5) is 0 Å². The standard InChI is InChI=1S/C17H21BrN2O/c1-4-7-20-17(13-9-14(21-3)11-19-10-13)15-8-12(2)5-6-16(15)18/h5-6,8-11,17,20H,4,7H2,1-3H3. The molecule has 1 aromatic carbocycles. The minimum Gasteiger partial charge on any atom is -0.495 e. The van der Waals surface area contributed by atoms with E-state index in [4.69, 9.17) is 4.74 Å². The van der Waals surface area contributed by atoms with Crippen molar-refractivity contribution in [1.82, 2.24) is 10.3 Å². The Balaban J connectivity index is 2.44. The minimum absolute atomic E-state index is 0.0989. The maximum atomic E-state index is 5.30. The van der Waals surface area contributed by atoms with Gasteiger partial charge in [0.15, 0.2) is 0 Å². The van der Waals surface area contributed by atoms with Gasteiger partial charge >= 0.3 is 0 Å². The molecule has 1 aromatic heterocycles. The highest BCUT2D eigenvalue weighted by molar-refractivity contribution is 9.10. The van der Waals surface area contributed by atoms with Crippen molar-refractivity contribution in [3.8, 4) is 5.75 Å². The summed E-state index contributed by atoms with van der Waals surface area (Å²) in [4.78, 5) is 4.28. The predicted molar refractivity (Wildman–Crippen MR) is 89.8 cm³/mol. The fourth-order valence-corrected chi connectivity index (χ4v) is 2.76. The van der Waals surface area contributed by atoms with Crippen LogP contribution in [-0.2, 0) is 0 Å². The maximum absolute atomic E-state index is 5.30. The molecule has 112 valence electrons. The molecule has 0 saturated heterocycles. The van der Waals surface area contributed by atoms with Gasteiger partial charge in [-0.2, -0.15) is 0 Å². The zero-order chi connectivity index (χ0) is 15.2. The highest BCUT2D eigenvalue weighted by Gasteiger charge is 2.17. The highest BCUT2D eigenvalue weighted by atomic mass is 79.9. The van der Waals surface area contributed by atoms with E-state index in [2.05, 4.69) is 58.3 Å². The second-order valence-corrected chi connectivity index (χ2v) is 5.92. The summed E-state index contributed by atoms with van der Waals surface area (Å²) in [6, 6.07) is 8.54. The summed E-state index contributed by atoms with van der Waals surface area (Å²) in [7, 11) is 1.66. The van der Waals surface area contributed by atoms with Crippen LogP contribution in [0.3, 0.4) is 0 Å². The molecule has 0 bridgehead atoms. The number of halogens is 1. The first-order chi connectivity index (χ1) is 10.2. The van der Waals surface area contributed by atoms with Gasteiger partial charge in [0, 0.05) is 10.7 Å². The van der Waals surface area contributed by atoms with Crippen LogP contribution in [0.15, 0.2) is 41.1 Å². The van der Waals surface area contributed by atoms with E-state index >= 15 is 0 Å². The van der Waals surface area contributed by atoms with Crippen LogP contribution in [0.1, 0.15) is 36.1 Å². The van der Waals surface area contributed by atoms with E-state index in [1.807, 2.05) is 12.3 Å². The van der Waals surface area contributed by atoms with Crippen molar-refractivity contribution in [1.29, 1.82) is 0 Å². The molecule has 3 nitrogen and oxygen atoms in total. The number of hydrogen-bond donors (Lipinski definition) is 1. The Morgan fingerprint density at radius 2 is 2.10 bits per heavy atom. The van der Waals surface area contributed by atoms with Gasteiger partial charge in [0.25, 0.3) is 0 Å². The van der Waals surface area contributed by atoms with Crippen molar-refractivity contribution in [2.24, 2.45) is 0 Å². The van der Waals surface area contributed by atoms with Crippen molar-refractivity contribution in [2.75, 3.05) is 13.7 Å². The molecule has 1 unspecified atom stereocenters. The molecule has 1 heterocycles. The monoisotopic (exact) mass is 348 g/mol. The summed E-state index contributed by atoms with van der Waals surface area (Å²) < 4.78 is 6.40. The number of hydrogen-bond acceptors (Lipinski definition) is 3. The van der Waals surface area contributed by atoms with Gasteiger partial charge in [-0.05, 0) is 43.1 Å². The second kappa shape index (κ2) is 7.57. The van der Waals surface area contributed by atoms with Gasteiger partial charge in [-0.1, -0.05) is 40.5 Å². The number of rotatable bonds is 6. The van der Waals surface area contributed by atoms with E-state index in [1.165, 1.54) is 11.1 Å². The smallest absolute Gasteiger partial charge is 0.137 e. The molecule has 2 rings (SSSR count). The van der Waals surface area contributed by atoms with Crippen molar-refractivity contribution in [2.45, 2.75) is 26.3 Å². The quantitative estimate of drug-likeness (QED) is 0.847. The number of nitrogens with zero attached hydrogens (tertiary/aromatic N) is 1. The van der Waals surface area contributed by atoms with E-state index in [0.717, 1.165) is 28.8 Å². The Morgan fingerprint density at radius 1 is 1.29 bits per heavy atom. The van der Waals surface area contributed by atoms with Gasteiger partial charge in [0.1, 0.15) is 5.75 Å². The number of aromatic nitrogens is 1. The molecule has 0 spiro atoms. The lowest BCUT2D eigenvalue weighted by Crippen LogP contribution is -2.23. The fraction of sp³-hybridized carbons (Fsp3) is 0.353. The van der Waals surface area contributed by atoms with Crippen LogP contribution in [0.5, 0.6) is 5.75 Å². The lowest BCUT2D eigenvalue weighted by molar-refractivity contribution is 0.411. The average molecular weight is 349 g/mol. The van der Waals surface area contributed by atoms with E-state index < -0.39 is 0 Å². The molecule has 0 fully saturated rings. The molecular weight excluding hydrogens is 328 g/mol. The molecule has 2 aromatic rings. The number of methoxy groups -OCH3 is 1. The first kappa shape index (κ1) is 16.0. The summed E-state index contributed by atoms with van der Waals surface area (Å²) in [5.74, 6) is 0.777. The average Bonchev–Trinajstić information content (AvgIpc) is 2.51. The third-order valence-electron chi connectivity index (χ3n) is 3.36. The molecule has 4 heteroatoms. The molecule has 0 amide bonds. The van der Waals surface area contributed by atoms with Crippen LogP contribution in [-0.4, -0.2) is 18.6 Å². The third-order valence-corrected chi connectivity index (χ3v) is 4.09. The molecule has 0 aliphatic heterocycles. The van der Waals surface area contributed by atoms with Crippen molar-refractivity contribution >= 4 is 15.9 Å². The molecule has 21 heavy (non-hydrogen) atoms. The van der Waals surface area contributed by atoms with Gasteiger partial charge in [-0.3, -0.25) is 4.98 Å². The Hall–Kier alpha value is -1.39. The van der Waals surface area contributed by atoms with E-state index in [9.17, 15) is 0 Å². The molecule has 1 atom stereocenters. The second-order valence-electron chi connectivity index (χ2n) is 5.07. The van der Waals surface area contributed by atoms with Crippen LogP contribution < -0.4 is 10.1 Å². The van der Waals surface area contributed by atoms with Crippen molar-refractivity contribution < 1.29 is 4.74 Å². The summed E-state index contributed by atoms with van der Waals surface area (Å²) >= 11 is 3.66. The van der Waals surface area contributed by atoms with Crippen molar-refractivity contribution in [3.63, 3.8) is 0 Å². The summed E-state index contributed by atoms with van der Waals surface area (Å²) in [6.45, 7) is 5.22. The van der Waals surface area contributed by atoms with E-state index in [1.54, 1.807) is 13.3 Å². The lowest BCUT2D eigenvalue weighted by Gasteiger charge is -2.21. The first-order valence-electron chi connectivity index (χ1n) is 7.14. The first-order valence-corrected chi connectivity index (χ1v) is 7.93. The summed E-state index contributed by atoms with van der Waals surface area (Å²) in [5, 5.41) is 3.60.